The molecule has 0 spiro atoms. The van der Waals surface area contributed by atoms with Gasteiger partial charge in [0.2, 0.25) is 5.89 Å². The van der Waals surface area contributed by atoms with Crippen LogP contribution >= 0.6 is 0 Å². The second-order valence-electron chi connectivity index (χ2n) is 4.99. The van der Waals surface area contributed by atoms with Crippen molar-refractivity contribution in [2.75, 3.05) is 6.54 Å². The number of aryl methyl sites for hydroxylation is 2. The maximum Gasteiger partial charge on any atom is 0.226 e. The fourth-order valence-electron chi connectivity index (χ4n) is 1.69. The molecule has 0 aromatic carbocycles. The van der Waals surface area contributed by atoms with Crippen LogP contribution in [0.2, 0.25) is 0 Å². The Morgan fingerprint density at radius 3 is 2.59 bits per heavy atom. The Morgan fingerprint density at radius 2 is 1.88 bits per heavy atom. The lowest BCUT2D eigenvalue weighted by molar-refractivity contribution is 0.367. The lowest BCUT2D eigenvalue weighted by Gasteiger charge is -1.98. The molecule has 0 radical (unpaired) electrons. The summed E-state index contributed by atoms with van der Waals surface area (Å²) in [6.07, 6.45) is 7.57. The van der Waals surface area contributed by atoms with Gasteiger partial charge in [-0.25, -0.2) is 0 Å². The normalized spacial score (nSPS) is 11.3. The van der Waals surface area contributed by atoms with Gasteiger partial charge in [-0.2, -0.15) is 4.98 Å². The zero-order valence-corrected chi connectivity index (χ0v) is 11.1. The predicted molar refractivity (Wildman–Crippen MR) is 68.7 cm³/mol. The standard InChI is InChI=1S/C13H25N3O/c1-11(2)8-9-12-15-13(17-16-12)7-5-3-4-6-10-14/h11H,3-10,14H2,1-2H3. The van der Waals surface area contributed by atoms with Gasteiger partial charge in [0, 0.05) is 12.8 Å². The fraction of sp³-hybridized carbons (Fsp3) is 0.846. The van der Waals surface area contributed by atoms with Gasteiger partial charge in [0.05, 0.1) is 0 Å². The average molecular weight is 239 g/mol. The number of aromatic nitrogens is 2. The van der Waals surface area contributed by atoms with E-state index in [1.54, 1.807) is 0 Å². The van der Waals surface area contributed by atoms with Crippen LogP contribution in [0.25, 0.3) is 0 Å². The van der Waals surface area contributed by atoms with Crippen LogP contribution in [0.4, 0.5) is 0 Å². The van der Waals surface area contributed by atoms with Crippen LogP contribution in [-0.4, -0.2) is 16.7 Å². The zero-order valence-electron chi connectivity index (χ0n) is 11.1. The molecule has 2 N–H and O–H groups in total. The molecule has 17 heavy (non-hydrogen) atoms. The summed E-state index contributed by atoms with van der Waals surface area (Å²) < 4.78 is 5.22. The molecule has 1 heterocycles. The van der Waals surface area contributed by atoms with Gasteiger partial charge in [0.25, 0.3) is 0 Å². The minimum atomic E-state index is 0.688. The van der Waals surface area contributed by atoms with Gasteiger partial charge in [-0.3, -0.25) is 0 Å². The van der Waals surface area contributed by atoms with E-state index >= 15 is 0 Å². The Bertz CT molecular complexity index is 297. The molecule has 1 aromatic rings. The SMILES string of the molecule is CC(C)CCc1noc(CCCCCCN)n1. The summed E-state index contributed by atoms with van der Waals surface area (Å²) >= 11 is 0. The zero-order chi connectivity index (χ0) is 12.5. The van der Waals surface area contributed by atoms with E-state index < -0.39 is 0 Å². The topological polar surface area (TPSA) is 64.9 Å². The lowest BCUT2D eigenvalue weighted by Crippen LogP contribution is -1.98. The van der Waals surface area contributed by atoms with Gasteiger partial charge in [-0.1, -0.05) is 31.8 Å². The molecule has 0 bridgehead atoms. The summed E-state index contributed by atoms with van der Waals surface area (Å²) in [5, 5.41) is 4.00. The molecule has 1 aromatic heterocycles. The third-order valence-electron chi connectivity index (χ3n) is 2.80. The van der Waals surface area contributed by atoms with Gasteiger partial charge in [0.1, 0.15) is 0 Å². The van der Waals surface area contributed by atoms with Crippen molar-refractivity contribution in [3.8, 4) is 0 Å². The van der Waals surface area contributed by atoms with E-state index in [2.05, 4.69) is 24.0 Å². The Morgan fingerprint density at radius 1 is 1.12 bits per heavy atom. The van der Waals surface area contributed by atoms with E-state index in [0.717, 1.165) is 50.4 Å². The molecule has 0 saturated heterocycles. The highest BCUT2D eigenvalue weighted by atomic mass is 16.5. The van der Waals surface area contributed by atoms with Crippen molar-refractivity contribution in [2.24, 2.45) is 11.7 Å². The second kappa shape index (κ2) is 8.23. The van der Waals surface area contributed by atoms with Gasteiger partial charge in [-0.15, -0.1) is 0 Å². The summed E-state index contributed by atoms with van der Waals surface area (Å²) in [6, 6.07) is 0. The second-order valence-corrected chi connectivity index (χ2v) is 4.99. The van der Waals surface area contributed by atoms with Crippen molar-refractivity contribution in [1.29, 1.82) is 0 Å². The number of hydrogen-bond donors (Lipinski definition) is 1. The van der Waals surface area contributed by atoms with Crippen LogP contribution in [0.15, 0.2) is 4.52 Å². The minimum Gasteiger partial charge on any atom is -0.339 e. The molecule has 0 aliphatic carbocycles. The summed E-state index contributed by atoms with van der Waals surface area (Å²) in [7, 11) is 0. The van der Waals surface area contributed by atoms with Crippen LogP contribution in [-0.2, 0) is 12.8 Å². The summed E-state index contributed by atoms with van der Waals surface area (Å²) in [5.74, 6) is 2.33. The number of rotatable bonds is 9. The molecule has 0 amide bonds. The molecule has 0 unspecified atom stereocenters. The summed E-state index contributed by atoms with van der Waals surface area (Å²) in [6.45, 7) is 5.21. The molecule has 4 heteroatoms. The lowest BCUT2D eigenvalue weighted by atomic mass is 10.1. The molecular formula is C13H25N3O. The predicted octanol–water partition coefficient (Wildman–Crippen LogP) is 2.72. The Balaban J connectivity index is 2.17. The molecule has 98 valence electrons. The summed E-state index contributed by atoms with van der Waals surface area (Å²) in [5.41, 5.74) is 5.44. The highest BCUT2D eigenvalue weighted by molar-refractivity contribution is 4.86. The van der Waals surface area contributed by atoms with Gasteiger partial charge in [-0.05, 0) is 31.7 Å². The molecule has 0 aliphatic rings. The first-order valence-corrected chi connectivity index (χ1v) is 6.74. The highest BCUT2D eigenvalue weighted by Crippen LogP contribution is 2.09. The van der Waals surface area contributed by atoms with Crippen molar-refractivity contribution < 1.29 is 4.52 Å². The van der Waals surface area contributed by atoms with E-state index in [9.17, 15) is 0 Å². The van der Waals surface area contributed by atoms with Crippen molar-refractivity contribution in [1.82, 2.24) is 10.1 Å². The molecular weight excluding hydrogens is 214 g/mol. The van der Waals surface area contributed by atoms with Crippen LogP contribution in [0.1, 0.15) is 57.7 Å². The van der Waals surface area contributed by atoms with E-state index in [4.69, 9.17) is 10.3 Å². The maximum absolute atomic E-state index is 5.44. The van der Waals surface area contributed by atoms with Crippen LogP contribution in [0, 0.1) is 5.92 Å². The Kier molecular flexibility index (Phi) is 6.86. The Hall–Kier alpha value is -0.900. The van der Waals surface area contributed by atoms with E-state index in [1.165, 1.54) is 12.8 Å². The Labute approximate surface area is 104 Å². The first-order valence-electron chi connectivity index (χ1n) is 6.74. The number of nitrogens with zero attached hydrogens (tertiary/aromatic N) is 2. The highest BCUT2D eigenvalue weighted by Gasteiger charge is 2.06. The van der Waals surface area contributed by atoms with E-state index in [1.807, 2.05) is 0 Å². The third-order valence-corrected chi connectivity index (χ3v) is 2.80. The van der Waals surface area contributed by atoms with Crippen molar-refractivity contribution in [3.05, 3.63) is 11.7 Å². The number of hydrogen-bond acceptors (Lipinski definition) is 4. The summed E-state index contributed by atoms with van der Waals surface area (Å²) in [4.78, 5) is 4.40. The molecule has 4 nitrogen and oxygen atoms in total. The molecule has 0 saturated carbocycles. The van der Waals surface area contributed by atoms with Crippen LogP contribution in [0.3, 0.4) is 0 Å². The molecule has 1 rings (SSSR count). The van der Waals surface area contributed by atoms with Crippen molar-refractivity contribution in [2.45, 2.75) is 58.8 Å². The van der Waals surface area contributed by atoms with E-state index in [-0.39, 0.29) is 0 Å². The molecule has 0 fully saturated rings. The molecule has 0 atom stereocenters. The largest absolute Gasteiger partial charge is 0.339 e. The monoisotopic (exact) mass is 239 g/mol. The number of nitrogens with two attached hydrogens (primary N) is 1. The van der Waals surface area contributed by atoms with Crippen LogP contribution in [0.5, 0.6) is 0 Å². The fourth-order valence-corrected chi connectivity index (χ4v) is 1.69. The van der Waals surface area contributed by atoms with Gasteiger partial charge in [0.15, 0.2) is 5.82 Å². The average Bonchev–Trinajstić information content (AvgIpc) is 2.74. The van der Waals surface area contributed by atoms with E-state index in [0.29, 0.717) is 5.92 Å². The minimum absolute atomic E-state index is 0.688. The number of unbranched alkanes of at least 4 members (excludes halogenated alkanes) is 3. The van der Waals surface area contributed by atoms with Gasteiger partial charge < -0.3 is 10.3 Å². The van der Waals surface area contributed by atoms with Crippen LogP contribution < -0.4 is 5.73 Å². The first kappa shape index (κ1) is 14.2. The molecule has 0 aliphatic heterocycles. The first-order chi connectivity index (χ1) is 8.22. The quantitative estimate of drug-likeness (QED) is 0.673. The van der Waals surface area contributed by atoms with Gasteiger partial charge >= 0.3 is 0 Å². The smallest absolute Gasteiger partial charge is 0.226 e. The van der Waals surface area contributed by atoms with Crippen molar-refractivity contribution >= 4 is 0 Å². The maximum atomic E-state index is 5.44. The third kappa shape index (κ3) is 6.41. The van der Waals surface area contributed by atoms with Crippen molar-refractivity contribution in [3.63, 3.8) is 0 Å².